The Labute approximate surface area is 80.1 Å². The molecule has 0 bridgehead atoms. The predicted octanol–water partition coefficient (Wildman–Crippen LogP) is 2.16. The third-order valence-electron chi connectivity index (χ3n) is 1.92. The first kappa shape index (κ1) is 12.4. The molecule has 13 heavy (non-hydrogen) atoms. The minimum absolute atomic E-state index is 0.244. The predicted molar refractivity (Wildman–Crippen MR) is 51.7 cm³/mol. The van der Waals surface area contributed by atoms with Gasteiger partial charge >= 0.3 is 5.97 Å². The fourth-order valence-corrected chi connectivity index (χ4v) is 1.28. The smallest absolute Gasteiger partial charge is 0.306 e. The molecule has 3 nitrogen and oxygen atoms in total. The van der Waals surface area contributed by atoms with Crippen LogP contribution in [0.25, 0.3) is 0 Å². The summed E-state index contributed by atoms with van der Waals surface area (Å²) in [6.07, 6.45) is 1.36. The lowest BCUT2D eigenvalue weighted by molar-refractivity contribution is -0.143. The zero-order valence-corrected chi connectivity index (χ0v) is 8.75. The van der Waals surface area contributed by atoms with Crippen LogP contribution in [-0.2, 0) is 9.53 Å². The number of carbonyl (C=O) groups is 1. The molecule has 0 aliphatic heterocycles. The van der Waals surface area contributed by atoms with E-state index in [2.05, 4.69) is 0 Å². The van der Waals surface area contributed by atoms with Crippen LogP contribution in [0.15, 0.2) is 0 Å². The Morgan fingerprint density at radius 1 is 1.46 bits per heavy atom. The van der Waals surface area contributed by atoms with Crippen LogP contribution in [0.4, 0.5) is 0 Å². The average Bonchev–Trinajstić information content (AvgIpc) is 2.02. The first-order valence-electron chi connectivity index (χ1n) is 4.88. The van der Waals surface area contributed by atoms with Gasteiger partial charge < -0.3 is 9.84 Å². The third kappa shape index (κ3) is 6.58. The molecule has 0 fully saturated rings. The second-order valence-corrected chi connectivity index (χ2v) is 3.65. The van der Waals surface area contributed by atoms with Crippen molar-refractivity contribution < 1.29 is 14.6 Å². The van der Waals surface area contributed by atoms with Crippen LogP contribution in [0.5, 0.6) is 0 Å². The highest BCUT2D eigenvalue weighted by Crippen LogP contribution is 2.15. The lowest BCUT2D eigenvalue weighted by Crippen LogP contribution is -2.18. The molecular weight excluding hydrogens is 168 g/mol. The molecule has 0 rings (SSSR count). The van der Waals surface area contributed by atoms with Gasteiger partial charge in [-0.2, -0.15) is 0 Å². The number of hydrogen-bond acceptors (Lipinski definition) is 2. The highest BCUT2D eigenvalue weighted by atomic mass is 16.5. The third-order valence-corrected chi connectivity index (χ3v) is 1.92. The number of carboxylic acid groups (broad SMARTS) is 1. The van der Waals surface area contributed by atoms with Crippen LogP contribution in [0.3, 0.4) is 0 Å². The second kappa shape index (κ2) is 6.89. The number of aliphatic carboxylic acids is 1. The van der Waals surface area contributed by atoms with Crippen molar-refractivity contribution in [2.75, 3.05) is 13.2 Å². The number of carboxylic acids is 1. The van der Waals surface area contributed by atoms with Crippen molar-refractivity contribution in [1.82, 2.24) is 0 Å². The molecule has 1 unspecified atom stereocenters. The van der Waals surface area contributed by atoms with Gasteiger partial charge in [-0.3, -0.25) is 4.79 Å². The maximum Gasteiger partial charge on any atom is 0.306 e. The molecule has 0 amide bonds. The fourth-order valence-electron chi connectivity index (χ4n) is 1.28. The van der Waals surface area contributed by atoms with E-state index in [0.29, 0.717) is 25.6 Å². The molecule has 78 valence electrons. The second-order valence-electron chi connectivity index (χ2n) is 3.65. The van der Waals surface area contributed by atoms with Crippen LogP contribution >= 0.6 is 0 Å². The first-order valence-corrected chi connectivity index (χ1v) is 4.88. The van der Waals surface area contributed by atoms with Crippen molar-refractivity contribution >= 4 is 5.97 Å². The van der Waals surface area contributed by atoms with Gasteiger partial charge in [0.25, 0.3) is 0 Å². The van der Waals surface area contributed by atoms with Crippen molar-refractivity contribution in [3.05, 3.63) is 0 Å². The topological polar surface area (TPSA) is 46.5 Å². The van der Waals surface area contributed by atoms with Crippen molar-refractivity contribution in [2.24, 2.45) is 11.8 Å². The van der Waals surface area contributed by atoms with Gasteiger partial charge in [0.05, 0.1) is 5.92 Å². The first-order chi connectivity index (χ1) is 6.07. The summed E-state index contributed by atoms with van der Waals surface area (Å²) in [6, 6.07) is 0. The maximum absolute atomic E-state index is 10.8. The van der Waals surface area contributed by atoms with Gasteiger partial charge in [-0.1, -0.05) is 13.8 Å². The van der Waals surface area contributed by atoms with E-state index in [4.69, 9.17) is 9.84 Å². The van der Waals surface area contributed by atoms with Gasteiger partial charge in [0, 0.05) is 13.2 Å². The molecule has 0 heterocycles. The standard InChI is InChI=1S/C10H20O3/c1-4-13-6-5-9(10(11)12)7-8(2)3/h8-9H,4-7H2,1-3H3,(H,11,12). The van der Waals surface area contributed by atoms with E-state index in [-0.39, 0.29) is 5.92 Å². The van der Waals surface area contributed by atoms with E-state index in [1.54, 1.807) is 0 Å². The summed E-state index contributed by atoms with van der Waals surface area (Å²) in [6.45, 7) is 7.21. The molecule has 0 aromatic rings. The zero-order chi connectivity index (χ0) is 10.3. The molecular formula is C10H20O3. The Morgan fingerprint density at radius 3 is 2.46 bits per heavy atom. The van der Waals surface area contributed by atoms with Gasteiger partial charge in [-0.25, -0.2) is 0 Å². The molecule has 0 aromatic heterocycles. The molecule has 0 spiro atoms. The average molecular weight is 188 g/mol. The molecule has 0 saturated heterocycles. The highest BCUT2D eigenvalue weighted by molar-refractivity contribution is 5.69. The van der Waals surface area contributed by atoms with Crippen LogP contribution in [0, 0.1) is 11.8 Å². The summed E-state index contributed by atoms with van der Waals surface area (Å²) in [5.74, 6) is -0.511. The Hall–Kier alpha value is -0.570. The monoisotopic (exact) mass is 188 g/mol. The van der Waals surface area contributed by atoms with Crippen molar-refractivity contribution in [3.8, 4) is 0 Å². The van der Waals surface area contributed by atoms with Gasteiger partial charge in [0.1, 0.15) is 0 Å². The van der Waals surface area contributed by atoms with Gasteiger partial charge in [-0.05, 0) is 25.7 Å². The van der Waals surface area contributed by atoms with Crippen LogP contribution in [0.1, 0.15) is 33.6 Å². The quantitative estimate of drug-likeness (QED) is 0.623. The van der Waals surface area contributed by atoms with Crippen molar-refractivity contribution in [2.45, 2.75) is 33.6 Å². The molecule has 3 heteroatoms. The number of hydrogen-bond donors (Lipinski definition) is 1. The van der Waals surface area contributed by atoms with E-state index in [9.17, 15) is 4.79 Å². The van der Waals surface area contributed by atoms with Crippen LogP contribution in [-0.4, -0.2) is 24.3 Å². The molecule has 0 aliphatic rings. The van der Waals surface area contributed by atoms with Gasteiger partial charge in [0.2, 0.25) is 0 Å². The van der Waals surface area contributed by atoms with Gasteiger partial charge in [-0.15, -0.1) is 0 Å². The molecule has 0 aromatic carbocycles. The van der Waals surface area contributed by atoms with Crippen molar-refractivity contribution in [1.29, 1.82) is 0 Å². The van der Waals surface area contributed by atoms with E-state index in [1.807, 2.05) is 20.8 Å². The van der Waals surface area contributed by atoms with E-state index in [1.165, 1.54) is 0 Å². The minimum Gasteiger partial charge on any atom is -0.481 e. The molecule has 0 saturated carbocycles. The van der Waals surface area contributed by atoms with Crippen LogP contribution < -0.4 is 0 Å². The van der Waals surface area contributed by atoms with Crippen LogP contribution in [0.2, 0.25) is 0 Å². The fraction of sp³-hybridized carbons (Fsp3) is 0.900. The van der Waals surface area contributed by atoms with E-state index >= 15 is 0 Å². The highest BCUT2D eigenvalue weighted by Gasteiger charge is 2.18. The Morgan fingerprint density at radius 2 is 2.08 bits per heavy atom. The summed E-state index contributed by atoms with van der Waals surface area (Å²) < 4.78 is 5.13. The number of rotatable bonds is 7. The van der Waals surface area contributed by atoms with Gasteiger partial charge in [0.15, 0.2) is 0 Å². The summed E-state index contributed by atoms with van der Waals surface area (Å²) in [5, 5.41) is 8.87. The SMILES string of the molecule is CCOCCC(CC(C)C)C(=O)O. The van der Waals surface area contributed by atoms with E-state index < -0.39 is 5.97 Å². The zero-order valence-electron chi connectivity index (χ0n) is 8.75. The lowest BCUT2D eigenvalue weighted by Gasteiger charge is -2.13. The Balaban J connectivity index is 3.74. The normalized spacial score (nSPS) is 13.2. The largest absolute Gasteiger partial charge is 0.481 e. The Kier molecular flexibility index (Phi) is 6.59. The molecule has 1 N–H and O–H groups in total. The molecule has 0 aliphatic carbocycles. The van der Waals surface area contributed by atoms with Crippen molar-refractivity contribution in [3.63, 3.8) is 0 Å². The minimum atomic E-state index is -0.701. The Bertz CT molecular complexity index is 143. The lowest BCUT2D eigenvalue weighted by atomic mass is 9.95. The maximum atomic E-state index is 10.8. The summed E-state index contributed by atoms with van der Waals surface area (Å²) in [5.41, 5.74) is 0. The number of ether oxygens (including phenoxy) is 1. The van der Waals surface area contributed by atoms with E-state index in [0.717, 1.165) is 6.42 Å². The summed E-state index contributed by atoms with van der Waals surface area (Å²) in [7, 11) is 0. The molecule has 0 radical (unpaired) electrons. The summed E-state index contributed by atoms with van der Waals surface area (Å²) in [4.78, 5) is 10.8. The molecule has 1 atom stereocenters. The summed E-state index contributed by atoms with van der Waals surface area (Å²) >= 11 is 0.